The summed E-state index contributed by atoms with van der Waals surface area (Å²) in [6.07, 6.45) is -0.196. The molecule has 0 aliphatic carbocycles. The van der Waals surface area contributed by atoms with Crippen LogP contribution in [0.5, 0.6) is 0 Å². The van der Waals surface area contributed by atoms with Gasteiger partial charge in [-0.25, -0.2) is 4.79 Å². The highest BCUT2D eigenvalue weighted by Gasteiger charge is 2.30. The van der Waals surface area contributed by atoms with Gasteiger partial charge in [0.25, 0.3) is 0 Å². The van der Waals surface area contributed by atoms with Crippen molar-refractivity contribution in [2.45, 2.75) is 32.0 Å². The molecule has 1 aliphatic heterocycles. The third-order valence-electron chi connectivity index (χ3n) is 2.51. The van der Waals surface area contributed by atoms with Crippen LogP contribution in [0.15, 0.2) is 0 Å². The van der Waals surface area contributed by atoms with Crippen molar-refractivity contribution in [3.63, 3.8) is 0 Å². The molecule has 0 aromatic heterocycles. The fraction of sp³-hybridized carbons (Fsp3) is 0.800. The largest absolute Gasteiger partial charge is 0.467 e. The summed E-state index contributed by atoms with van der Waals surface area (Å²) in [4.78, 5) is 22.9. The highest BCUT2D eigenvalue weighted by Crippen LogP contribution is 2.04. The molecule has 0 spiro atoms. The van der Waals surface area contributed by atoms with Gasteiger partial charge < -0.3 is 20.1 Å². The van der Waals surface area contributed by atoms with Crippen LogP contribution in [0, 0.1) is 0 Å². The quantitative estimate of drug-likeness (QED) is 0.611. The van der Waals surface area contributed by atoms with Crippen molar-refractivity contribution in [1.29, 1.82) is 0 Å². The van der Waals surface area contributed by atoms with E-state index in [2.05, 4.69) is 15.4 Å². The Morgan fingerprint density at radius 2 is 2.25 bits per heavy atom. The zero-order valence-electron chi connectivity index (χ0n) is 9.78. The van der Waals surface area contributed by atoms with Crippen LogP contribution in [-0.4, -0.2) is 50.3 Å². The van der Waals surface area contributed by atoms with E-state index in [1.165, 1.54) is 7.11 Å². The third-order valence-corrected chi connectivity index (χ3v) is 2.51. The molecule has 1 saturated heterocycles. The molecule has 92 valence electrons. The van der Waals surface area contributed by atoms with Gasteiger partial charge in [0, 0.05) is 6.54 Å². The molecule has 1 rings (SSSR count). The number of methoxy groups -OCH3 is 1. The monoisotopic (exact) mass is 230 g/mol. The van der Waals surface area contributed by atoms with Crippen molar-refractivity contribution in [1.82, 2.24) is 10.6 Å². The van der Waals surface area contributed by atoms with E-state index in [1.54, 1.807) is 6.92 Å². The number of hydrogen-bond acceptors (Lipinski definition) is 5. The van der Waals surface area contributed by atoms with Crippen LogP contribution in [0.4, 0.5) is 0 Å². The standard InChI is InChI=1S/C10H18N2O4/c1-6(10(14)15-3)12-9(13)8-7(2)16-5-4-11-8/h6-8,11H,4-5H2,1-3H3,(H,12,13)/t6?,7-,8+/m1/s1. The van der Waals surface area contributed by atoms with Crippen LogP contribution in [-0.2, 0) is 19.1 Å². The zero-order valence-corrected chi connectivity index (χ0v) is 9.78. The summed E-state index contributed by atoms with van der Waals surface area (Å²) in [5.41, 5.74) is 0. The Kier molecular flexibility index (Phi) is 4.70. The van der Waals surface area contributed by atoms with E-state index in [4.69, 9.17) is 4.74 Å². The normalized spacial score (nSPS) is 26.9. The maximum Gasteiger partial charge on any atom is 0.328 e. The molecule has 0 aromatic carbocycles. The molecule has 6 nitrogen and oxygen atoms in total. The fourth-order valence-corrected chi connectivity index (χ4v) is 1.57. The number of ether oxygens (including phenoxy) is 2. The first-order chi connectivity index (χ1) is 7.56. The fourth-order valence-electron chi connectivity index (χ4n) is 1.57. The van der Waals surface area contributed by atoms with Crippen LogP contribution >= 0.6 is 0 Å². The lowest BCUT2D eigenvalue weighted by molar-refractivity contribution is -0.145. The summed E-state index contributed by atoms with van der Waals surface area (Å²) in [5.74, 6) is -0.706. The van der Waals surface area contributed by atoms with Crippen LogP contribution in [0.25, 0.3) is 0 Å². The summed E-state index contributed by atoms with van der Waals surface area (Å²) in [5, 5.41) is 5.62. The van der Waals surface area contributed by atoms with Crippen molar-refractivity contribution in [3.05, 3.63) is 0 Å². The summed E-state index contributed by atoms with van der Waals surface area (Å²) in [7, 11) is 1.29. The van der Waals surface area contributed by atoms with Crippen molar-refractivity contribution < 1.29 is 19.1 Å². The molecular formula is C10H18N2O4. The van der Waals surface area contributed by atoms with E-state index in [0.717, 1.165) is 0 Å². The van der Waals surface area contributed by atoms with Gasteiger partial charge in [-0.05, 0) is 13.8 Å². The van der Waals surface area contributed by atoms with Crippen LogP contribution < -0.4 is 10.6 Å². The van der Waals surface area contributed by atoms with Crippen molar-refractivity contribution >= 4 is 11.9 Å². The Hall–Kier alpha value is -1.14. The molecule has 0 bridgehead atoms. The molecule has 0 aromatic rings. The van der Waals surface area contributed by atoms with Gasteiger partial charge in [-0.15, -0.1) is 0 Å². The molecular weight excluding hydrogens is 212 g/mol. The van der Waals surface area contributed by atoms with Crippen molar-refractivity contribution in [2.75, 3.05) is 20.3 Å². The number of morpholine rings is 1. The number of carbonyl (C=O) groups excluding carboxylic acids is 2. The first-order valence-electron chi connectivity index (χ1n) is 5.29. The smallest absolute Gasteiger partial charge is 0.328 e. The molecule has 2 N–H and O–H groups in total. The molecule has 0 saturated carbocycles. The van der Waals surface area contributed by atoms with E-state index in [0.29, 0.717) is 13.2 Å². The SMILES string of the molecule is COC(=O)C(C)NC(=O)[C@H]1NCCO[C@@H]1C. The van der Waals surface area contributed by atoms with Gasteiger partial charge in [0.1, 0.15) is 12.1 Å². The molecule has 3 atom stereocenters. The Morgan fingerprint density at radius 3 is 2.81 bits per heavy atom. The zero-order chi connectivity index (χ0) is 12.1. The summed E-state index contributed by atoms with van der Waals surface area (Å²) in [6.45, 7) is 4.63. The van der Waals surface area contributed by atoms with Gasteiger partial charge in [0.05, 0.1) is 19.8 Å². The average molecular weight is 230 g/mol. The predicted molar refractivity (Wildman–Crippen MR) is 56.8 cm³/mol. The van der Waals surface area contributed by atoms with E-state index < -0.39 is 18.1 Å². The number of rotatable bonds is 3. The second-order valence-corrected chi connectivity index (χ2v) is 3.76. The Bertz CT molecular complexity index is 270. The average Bonchev–Trinajstić information content (AvgIpc) is 2.28. The number of nitrogens with one attached hydrogen (secondary N) is 2. The lowest BCUT2D eigenvalue weighted by atomic mass is 10.1. The van der Waals surface area contributed by atoms with E-state index in [9.17, 15) is 9.59 Å². The molecule has 1 heterocycles. The van der Waals surface area contributed by atoms with Gasteiger partial charge in [0.2, 0.25) is 5.91 Å². The Balaban J connectivity index is 2.47. The summed E-state index contributed by atoms with van der Waals surface area (Å²) < 4.78 is 9.86. The lowest BCUT2D eigenvalue weighted by Crippen LogP contribution is -2.57. The lowest BCUT2D eigenvalue weighted by Gasteiger charge is -2.29. The van der Waals surface area contributed by atoms with Crippen molar-refractivity contribution in [3.8, 4) is 0 Å². The third kappa shape index (κ3) is 3.18. The van der Waals surface area contributed by atoms with Crippen LogP contribution in [0.3, 0.4) is 0 Å². The molecule has 1 aliphatic rings. The van der Waals surface area contributed by atoms with Crippen LogP contribution in [0.1, 0.15) is 13.8 Å². The highest BCUT2D eigenvalue weighted by molar-refractivity contribution is 5.87. The minimum absolute atomic E-state index is 0.196. The minimum atomic E-state index is -0.645. The minimum Gasteiger partial charge on any atom is -0.467 e. The van der Waals surface area contributed by atoms with Crippen molar-refractivity contribution in [2.24, 2.45) is 0 Å². The number of amides is 1. The molecule has 1 unspecified atom stereocenters. The second-order valence-electron chi connectivity index (χ2n) is 3.76. The maximum atomic E-state index is 11.8. The topological polar surface area (TPSA) is 76.7 Å². The first kappa shape index (κ1) is 12.9. The van der Waals surface area contributed by atoms with Gasteiger partial charge in [-0.3, -0.25) is 4.79 Å². The molecule has 1 amide bonds. The second kappa shape index (κ2) is 5.81. The van der Waals surface area contributed by atoms with Gasteiger partial charge >= 0.3 is 5.97 Å². The number of carbonyl (C=O) groups is 2. The van der Waals surface area contributed by atoms with Crippen LogP contribution in [0.2, 0.25) is 0 Å². The Labute approximate surface area is 94.7 Å². The van der Waals surface area contributed by atoms with E-state index in [1.807, 2.05) is 6.92 Å². The summed E-state index contributed by atoms with van der Waals surface area (Å²) in [6, 6.07) is -1.06. The van der Waals surface area contributed by atoms with E-state index >= 15 is 0 Å². The molecule has 0 radical (unpaired) electrons. The first-order valence-corrected chi connectivity index (χ1v) is 5.29. The Morgan fingerprint density at radius 1 is 1.56 bits per heavy atom. The number of hydrogen-bond donors (Lipinski definition) is 2. The number of esters is 1. The van der Waals surface area contributed by atoms with Gasteiger partial charge in [-0.2, -0.15) is 0 Å². The van der Waals surface area contributed by atoms with E-state index in [-0.39, 0.29) is 12.0 Å². The highest BCUT2D eigenvalue weighted by atomic mass is 16.5. The predicted octanol–water partition coefficient (Wildman–Crippen LogP) is -0.959. The van der Waals surface area contributed by atoms with Gasteiger partial charge in [0.15, 0.2) is 0 Å². The molecule has 6 heteroatoms. The van der Waals surface area contributed by atoms with Gasteiger partial charge in [-0.1, -0.05) is 0 Å². The molecule has 1 fully saturated rings. The molecule has 16 heavy (non-hydrogen) atoms. The summed E-state index contributed by atoms with van der Waals surface area (Å²) >= 11 is 0. The maximum absolute atomic E-state index is 11.8.